The Labute approximate surface area is 173 Å². The van der Waals surface area contributed by atoms with Gasteiger partial charge in [0.1, 0.15) is 6.10 Å². The number of pyridine rings is 1. The summed E-state index contributed by atoms with van der Waals surface area (Å²) in [5.74, 6) is 0.283. The van der Waals surface area contributed by atoms with Crippen molar-refractivity contribution < 1.29 is 23.0 Å². The van der Waals surface area contributed by atoms with Crippen LogP contribution in [0.2, 0.25) is 0 Å². The summed E-state index contributed by atoms with van der Waals surface area (Å²) in [6.45, 7) is -1.36. The van der Waals surface area contributed by atoms with Gasteiger partial charge in [0.2, 0.25) is 0 Å². The highest BCUT2D eigenvalue weighted by Gasteiger charge is 2.22. The van der Waals surface area contributed by atoms with Crippen LogP contribution < -0.4 is 14.4 Å². The molecule has 4 rings (SSSR count). The lowest BCUT2D eigenvalue weighted by molar-refractivity contribution is -0.0520. The zero-order chi connectivity index (χ0) is 20.8. The molecule has 0 bridgehead atoms. The molecule has 7 heteroatoms. The lowest BCUT2D eigenvalue weighted by Gasteiger charge is -2.26. The standard InChI is InChI=1S/C23H22F2N2O3/c24-23(25)30-21-9-8-19(13-22(21)29-20-10-12-28-16-20)27(18-6-2-1-3-7-18)15-17-5-4-11-26-14-17/h1-9,11,13-14,20,23H,10,12,15-16H2. The lowest BCUT2D eigenvalue weighted by Crippen LogP contribution is -2.19. The van der Waals surface area contributed by atoms with Gasteiger partial charge in [0.25, 0.3) is 0 Å². The van der Waals surface area contributed by atoms with Gasteiger partial charge in [0, 0.05) is 42.8 Å². The first kappa shape index (κ1) is 20.1. The molecule has 0 spiro atoms. The van der Waals surface area contributed by atoms with Crippen LogP contribution in [-0.2, 0) is 11.3 Å². The Morgan fingerprint density at radius 3 is 2.60 bits per heavy atom. The number of para-hydroxylation sites is 1. The van der Waals surface area contributed by atoms with Gasteiger partial charge in [-0.05, 0) is 35.9 Å². The Bertz CT molecular complexity index is 936. The number of benzene rings is 2. The van der Waals surface area contributed by atoms with E-state index in [1.165, 1.54) is 6.07 Å². The zero-order valence-corrected chi connectivity index (χ0v) is 16.3. The summed E-state index contributed by atoms with van der Waals surface area (Å²) in [4.78, 5) is 6.26. The highest BCUT2D eigenvalue weighted by atomic mass is 19.3. The maximum atomic E-state index is 12.9. The average molecular weight is 412 g/mol. The molecule has 3 aromatic rings. The van der Waals surface area contributed by atoms with E-state index in [0.29, 0.717) is 26.2 Å². The molecule has 1 aliphatic heterocycles. The summed E-state index contributed by atoms with van der Waals surface area (Å²) in [7, 11) is 0. The summed E-state index contributed by atoms with van der Waals surface area (Å²) in [6.07, 6.45) is 4.04. The fourth-order valence-electron chi connectivity index (χ4n) is 3.35. The number of anilines is 2. The quantitative estimate of drug-likeness (QED) is 0.510. The van der Waals surface area contributed by atoms with Gasteiger partial charge >= 0.3 is 6.61 Å². The van der Waals surface area contributed by atoms with Crippen molar-refractivity contribution in [1.82, 2.24) is 4.98 Å². The average Bonchev–Trinajstić information content (AvgIpc) is 3.27. The van der Waals surface area contributed by atoms with Crippen LogP contribution in [-0.4, -0.2) is 30.9 Å². The van der Waals surface area contributed by atoms with Gasteiger partial charge in [0.15, 0.2) is 11.5 Å². The van der Waals surface area contributed by atoms with E-state index in [4.69, 9.17) is 9.47 Å². The molecule has 0 aliphatic carbocycles. The molecule has 0 radical (unpaired) electrons. The molecule has 2 heterocycles. The van der Waals surface area contributed by atoms with E-state index in [2.05, 4.69) is 14.6 Å². The monoisotopic (exact) mass is 412 g/mol. The van der Waals surface area contributed by atoms with Crippen molar-refractivity contribution >= 4 is 11.4 Å². The van der Waals surface area contributed by atoms with Crippen molar-refractivity contribution in [3.63, 3.8) is 0 Å². The highest BCUT2D eigenvalue weighted by molar-refractivity contribution is 5.66. The number of rotatable bonds is 8. The zero-order valence-electron chi connectivity index (χ0n) is 16.3. The first-order chi connectivity index (χ1) is 14.7. The molecular formula is C23H22F2N2O3. The maximum Gasteiger partial charge on any atom is 0.387 e. The summed E-state index contributed by atoms with van der Waals surface area (Å²) < 4.78 is 41.8. The number of hydrogen-bond acceptors (Lipinski definition) is 5. The van der Waals surface area contributed by atoms with Gasteiger partial charge in [-0.2, -0.15) is 8.78 Å². The van der Waals surface area contributed by atoms with E-state index in [9.17, 15) is 8.78 Å². The van der Waals surface area contributed by atoms with Crippen molar-refractivity contribution in [2.45, 2.75) is 25.7 Å². The van der Waals surface area contributed by atoms with Crippen molar-refractivity contribution in [2.24, 2.45) is 0 Å². The van der Waals surface area contributed by atoms with Gasteiger partial charge in [-0.25, -0.2) is 0 Å². The summed E-state index contributed by atoms with van der Waals surface area (Å²) in [5.41, 5.74) is 2.76. The third-order valence-electron chi connectivity index (χ3n) is 4.77. The first-order valence-corrected chi connectivity index (χ1v) is 9.74. The van der Waals surface area contributed by atoms with Crippen LogP contribution in [0.1, 0.15) is 12.0 Å². The molecule has 1 atom stereocenters. The molecule has 0 amide bonds. The molecule has 1 aliphatic rings. The molecule has 5 nitrogen and oxygen atoms in total. The molecule has 1 aromatic heterocycles. The van der Waals surface area contributed by atoms with Crippen molar-refractivity contribution in [1.29, 1.82) is 0 Å². The van der Waals surface area contributed by atoms with Gasteiger partial charge < -0.3 is 19.1 Å². The molecule has 0 saturated carbocycles. The summed E-state index contributed by atoms with van der Waals surface area (Å²) >= 11 is 0. The number of ether oxygens (including phenoxy) is 3. The SMILES string of the molecule is FC(F)Oc1ccc(N(Cc2cccnc2)c2ccccc2)cc1OC1CCOC1. The van der Waals surface area contributed by atoms with Crippen LogP contribution >= 0.6 is 0 Å². The molecule has 1 fully saturated rings. The number of halogens is 2. The first-order valence-electron chi connectivity index (χ1n) is 9.74. The molecular weight excluding hydrogens is 390 g/mol. The van der Waals surface area contributed by atoms with E-state index >= 15 is 0 Å². The second-order valence-corrected chi connectivity index (χ2v) is 6.90. The van der Waals surface area contributed by atoms with E-state index in [1.54, 1.807) is 24.5 Å². The Morgan fingerprint density at radius 1 is 1.03 bits per heavy atom. The van der Waals surface area contributed by atoms with E-state index in [1.807, 2.05) is 42.5 Å². The second kappa shape index (κ2) is 9.54. The number of aromatic nitrogens is 1. The minimum Gasteiger partial charge on any atom is -0.484 e. The van der Waals surface area contributed by atoms with E-state index in [-0.39, 0.29) is 17.6 Å². The van der Waals surface area contributed by atoms with Crippen LogP contribution in [0, 0.1) is 0 Å². The topological polar surface area (TPSA) is 43.8 Å². The summed E-state index contributed by atoms with van der Waals surface area (Å²) in [5, 5.41) is 0. The van der Waals surface area contributed by atoms with E-state index < -0.39 is 6.61 Å². The third-order valence-corrected chi connectivity index (χ3v) is 4.77. The fourth-order valence-corrected chi connectivity index (χ4v) is 3.35. The van der Waals surface area contributed by atoms with Crippen molar-refractivity contribution in [2.75, 3.05) is 18.1 Å². The van der Waals surface area contributed by atoms with Gasteiger partial charge in [-0.3, -0.25) is 4.98 Å². The lowest BCUT2D eigenvalue weighted by atomic mass is 10.1. The molecule has 30 heavy (non-hydrogen) atoms. The predicted octanol–water partition coefficient (Wildman–Crippen LogP) is 5.19. The molecule has 0 N–H and O–H groups in total. The molecule has 2 aromatic carbocycles. The van der Waals surface area contributed by atoms with E-state index in [0.717, 1.165) is 16.9 Å². The number of hydrogen-bond donors (Lipinski definition) is 0. The Hall–Kier alpha value is -3.19. The van der Waals surface area contributed by atoms with Crippen LogP contribution in [0.4, 0.5) is 20.2 Å². The second-order valence-electron chi connectivity index (χ2n) is 6.90. The summed E-state index contributed by atoms with van der Waals surface area (Å²) in [6, 6.07) is 18.7. The third kappa shape index (κ3) is 5.04. The van der Waals surface area contributed by atoms with Gasteiger partial charge in [-0.15, -0.1) is 0 Å². The van der Waals surface area contributed by atoms with Crippen molar-refractivity contribution in [3.05, 3.63) is 78.6 Å². The van der Waals surface area contributed by atoms with Gasteiger partial charge in [-0.1, -0.05) is 24.3 Å². The largest absolute Gasteiger partial charge is 0.484 e. The normalized spacial score (nSPS) is 15.9. The fraction of sp³-hybridized carbons (Fsp3) is 0.261. The number of alkyl halides is 2. The van der Waals surface area contributed by atoms with Crippen molar-refractivity contribution in [3.8, 4) is 11.5 Å². The van der Waals surface area contributed by atoms with Crippen LogP contribution in [0.15, 0.2) is 73.1 Å². The Balaban J connectivity index is 1.69. The smallest absolute Gasteiger partial charge is 0.387 e. The number of nitrogens with zero attached hydrogens (tertiary/aromatic N) is 2. The molecule has 1 saturated heterocycles. The minimum absolute atomic E-state index is 0.00930. The molecule has 1 unspecified atom stereocenters. The van der Waals surface area contributed by atoms with Gasteiger partial charge in [0.05, 0.1) is 13.2 Å². The Kier molecular flexibility index (Phi) is 6.39. The van der Waals surface area contributed by atoms with Crippen LogP contribution in [0.25, 0.3) is 0 Å². The van der Waals surface area contributed by atoms with Crippen LogP contribution in [0.5, 0.6) is 11.5 Å². The highest BCUT2D eigenvalue weighted by Crippen LogP contribution is 2.37. The maximum absolute atomic E-state index is 12.9. The van der Waals surface area contributed by atoms with Crippen LogP contribution in [0.3, 0.4) is 0 Å². The Morgan fingerprint density at radius 2 is 1.90 bits per heavy atom. The predicted molar refractivity (Wildman–Crippen MR) is 109 cm³/mol. The minimum atomic E-state index is -2.93. The molecule has 156 valence electrons.